The number of ether oxygens (including phenoxy) is 1. The molecule has 1 fully saturated rings. The van der Waals surface area contributed by atoms with Gasteiger partial charge in [0.15, 0.2) is 0 Å². The maximum atomic E-state index is 7.12. The standard InChI is InChI=1S/C4H9NO.BH3O2.K.H2O.H/c1-3-6-4-2-5-1;2-1-3;;;/h5H,1-4H2;1-3H;;1H2;. The second kappa shape index (κ2) is 17.5. The van der Waals surface area contributed by atoms with Gasteiger partial charge in [-0.15, -0.1) is 0 Å². The fourth-order valence-electron chi connectivity index (χ4n) is 0.516. The molecule has 1 saturated heterocycles. The third-order valence-electron chi connectivity index (χ3n) is 0.846. The van der Waals surface area contributed by atoms with Crippen molar-refractivity contribution in [1.29, 1.82) is 0 Å². The van der Waals surface area contributed by atoms with Crippen LogP contribution in [0.3, 0.4) is 0 Å². The van der Waals surface area contributed by atoms with Crippen LogP contribution in [0.1, 0.15) is 0 Å². The summed E-state index contributed by atoms with van der Waals surface area (Å²) in [7, 11) is -0.750. The Bertz CT molecular complexity index is 45.8. The topological polar surface area (TPSA) is 93.2 Å². The number of hydrogen-bond acceptors (Lipinski definition) is 4. The minimum absolute atomic E-state index is 0. The van der Waals surface area contributed by atoms with E-state index < -0.39 is 7.69 Å². The SMILES string of the molecule is C1COCCN1.O.OBO.[KH]. The average molecular weight is 191 g/mol. The Kier molecular flexibility index (Phi) is 29.2. The van der Waals surface area contributed by atoms with Gasteiger partial charge in [0.1, 0.15) is 0 Å². The third kappa shape index (κ3) is 18.5. The fraction of sp³-hybridized carbons (Fsp3) is 1.00. The Balaban J connectivity index is -0.000000116. The van der Waals surface area contributed by atoms with Gasteiger partial charge in [0.25, 0.3) is 0 Å². The van der Waals surface area contributed by atoms with Gasteiger partial charge in [-0.05, 0) is 0 Å². The summed E-state index contributed by atoms with van der Waals surface area (Å²) in [4.78, 5) is 0. The van der Waals surface area contributed by atoms with Crippen LogP contribution in [-0.4, -0.2) is 101 Å². The number of nitrogens with one attached hydrogen (secondary N) is 1. The number of hydrogen-bond donors (Lipinski definition) is 3. The molecular formula is C4H15BKNO4. The summed E-state index contributed by atoms with van der Waals surface area (Å²) in [5.74, 6) is 0. The van der Waals surface area contributed by atoms with Crippen molar-refractivity contribution in [2.24, 2.45) is 0 Å². The van der Waals surface area contributed by atoms with Crippen molar-refractivity contribution >= 4 is 59.1 Å². The summed E-state index contributed by atoms with van der Waals surface area (Å²) in [6.45, 7) is 3.83. The molecule has 0 amide bonds. The van der Waals surface area contributed by atoms with E-state index in [-0.39, 0.29) is 56.9 Å². The summed E-state index contributed by atoms with van der Waals surface area (Å²) < 4.78 is 5.01. The predicted molar refractivity (Wildman–Crippen MR) is 46.0 cm³/mol. The van der Waals surface area contributed by atoms with Gasteiger partial charge in [0, 0.05) is 13.1 Å². The van der Waals surface area contributed by atoms with E-state index in [1.54, 1.807) is 0 Å². The molecule has 7 heteroatoms. The zero-order valence-electron chi connectivity index (χ0n) is 5.84. The van der Waals surface area contributed by atoms with Crippen LogP contribution in [-0.2, 0) is 4.74 Å². The molecule has 11 heavy (non-hydrogen) atoms. The minimum atomic E-state index is -0.750. The van der Waals surface area contributed by atoms with E-state index in [0.717, 1.165) is 26.3 Å². The molecule has 1 rings (SSSR count). The van der Waals surface area contributed by atoms with E-state index in [4.69, 9.17) is 14.8 Å². The van der Waals surface area contributed by atoms with Crippen LogP contribution in [0.15, 0.2) is 0 Å². The quantitative estimate of drug-likeness (QED) is 0.344. The molecule has 64 valence electrons. The van der Waals surface area contributed by atoms with Gasteiger partial charge in [-0.1, -0.05) is 0 Å². The predicted octanol–water partition coefficient (Wildman–Crippen LogP) is -3.63. The molecule has 0 aromatic carbocycles. The summed E-state index contributed by atoms with van der Waals surface area (Å²) in [6.07, 6.45) is 0. The van der Waals surface area contributed by atoms with Crippen LogP contribution in [0.25, 0.3) is 0 Å². The first kappa shape index (κ1) is 18.3. The molecular weight excluding hydrogens is 176 g/mol. The van der Waals surface area contributed by atoms with Crippen LogP contribution >= 0.6 is 0 Å². The van der Waals surface area contributed by atoms with Crippen molar-refractivity contribution < 1.29 is 20.3 Å². The first-order valence-electron chi connectivity index (χ1n) is 2.92. The molecule has 0 spiro atoms. The Morgan fingerprint density at radius 2 is 1.55 bits per heavy atom. The number of morpholine rings is 1. The van der Waals surface area contributed by atoms with Crippen LogP contribution in [0, 0.1) is 0 Å². The molecule has 0 unspecified atom stereocenters. The van der Waals surface area contributed by atoms with Crippen molar-refractivity contribution in [3.63, 3.8) is 0 Å². The van der Waals surface area contributed by atoms with Crippen LogP contribution in [0.5, 0.6) is 0 Å². The van der Waals surface area contributed by atoms with Gasteiger partial charge in [0.2, 0.25) is 0 Å². The molecule has 0 bridgehead atoms. The third-order valence-corrected chi connectivity index (χ3v) is 0.846. The Morgan fingerprint density at radius 1 is 1.18 bits per heavy atom. The van der Waals surface area contributed by atoms with E-state index in [1.165, 1.54) is 0 Å². The molecule has 5 N–H and O–H groups in total. The Hall–Kier alpha value is 1.50. The molecule has 5 nitrogen and oxygen atoms in total. The summed E-state index contributed by atoms with van der Waals surface area (Å²) in [6, 6.07) is 0. The van der Waals surface area contributed by atoms with Gasteiger partial charge >= 0.3 is 59.1 Å². The van der Waals surface area contributed by atoms with E-state index in [1.807, 2.05) is 0 Å². The van der Waals surface area contributed by atoms with Crippen LogP contribution in [0.2, 0.25) is 0 Å². The van der Waals surface area contributed by atoms with Gasteiger partial charge in [-0.25, -0.2) is 0 Å². The molecule has 0 atom stereocenters. The maximum absolute atomic E-state index is 7.12. The number of rotatable bonds is 0. The van der Waals surface area contributed by atoms with Gasteiger partial charge in [-0.2, -0.15) is 0 Å². The zero-order valence-corrected chi connectivity index (χ0v) is 5.84. The zero-order chi connectivity index (χ0) is 6.95. The average Bonchev–Trinajstić information content (AvgIpc) is 1.93. The van der Waals surface area contributed by atoms with E-state index in [2.05, 4.69) is 5.32 Å². The molecule has 1 aliphatic rings. The monoisotopic (exact) mass is 191 g/mol. The van der Waals surface area contributed by atoms with Crippen molar-refractivity contribution in [2.75, 3.05) is 26.3 Å². The summed E-state index contributed by atoms with van der Waals surface area (Å²) in [5.41, 5.74) is 0. The van der Waals surface area contributed by atoms with E-state index in [9.17, 15) is 0 Å². The van der Waals surface area contributed by atoms with Crippen LogP contribution < -0.4 is 5.32 Å². The first-order valence-corrected chi connectivity index (χ1v) is 2.92. The van der Waals surface area contributed by atoms with Crippen LogP contribution in [0.4, 0.5) is 0 Å². The van der Waals surface area contributed by atoms with Crippen molar-refractivity contribution in [2.45, 2.75) is 0 Å². The van der Waals surface area contributed by atoms with Crippen molar-refractivity contribution in [3.05, 3.63) is 0 Å². The van der Waals surface area contributed by atoms with E-state index in [0.29, 0.717) is 0 Å². The van der Waals surface area contributed by atoms with Gasteiger partial charge in [-0.3, -0.25) is 0 Å². The normalized spacial score (nSPS) is 14.4. The second-order valence-electron chi connectivity index (χ2n) is 1.50. The molecule has 0 aliphatic carbocycles. The molecule has 1 aliphatic heterocycles. The molecule has 0 saturated carbocycles. The molecule has 0 aromatic rings. The van der Waals surface area contributed by atoms with Gasteiger partial charge < -0.3 is 25.6 Å². The first-order chi connectivity index (χ1) is 4.41. The van der Waals surface area contributed by atoms with Crippen molar-refractivity contribution in [1.82, 2.24) is 5.32 Å². The Morgan fingerprint density at radius 3 is 1.64 bits per heavy atom. The van der Waals surface area contributed by atoms with Gasteiger partial charge in [0.05, 0.1) is 13.2 Å². The second-order valence-corrected chi connectivity index (χ2v) is 1.50. The summed E-state index contributed by atoms with van der Waals surface area (Å²) in [5, 5.41) is 17.4. The van der Waals surface area contributed by atoms with E-state index >= 15 is 0 Å². The Labute approximate surface area is 110 Å². The van der Waals surface area contributed by atoms with Crippen molar-refractivity contribution in [3.8, 4) is 0 Å². The molecule has 1 heterocycles. The molecule has 0 aromatic heterocycles. The summed E-state index contributed by atoms with van der Waals surface area (Å²) >= 11 is 0. The fourth-order valence-corrected chi connectivity index (χ4v) is 0.516. The molecule has 0 radical (unpaired) electrons.